The Balaban J connectivity index is 2.13. The molecular formula is C22H22N+. The molecule has 0 radical (unpaired) electrons. The molecule has 0 N–H and O–H groups in total. The largest absolute Gasteiger partial charge is 0.213 e. The van der Waals surface area contributed by atoms with Crippen molar-refractivity contribution in [3.63, 3.8) is 0 Å². The van der Waals surface area contributed by atoms with Crippen LogP contribution in [0.15, 0.2) is 60.8 Å². The molecule has 2 aromatic carbocycles. The highest BCUT2D eigenvalue weighted by Crippen LogP contribution is 2.52. The second-order valence-corrected chi connectivity index (χ2v) is 6.97. The fourth-order valence-electron chi connectivity index (χ4n) is 3.93. The molecular weight excluding hydrogens is 278 g/mol. The molecule has 1 nitrogen and oxygen atoms in total. The van der Waals surface area contributed by atoms with Crippen LogP contribution in [-0.2, 0) is 12.5 Å². The molecule has 0 saturated carbocycles. The van der Waals surface area contributed by atoms with Gasteiger partial charge in [0, 0.05) is 23.1 Å². The van der Waals surface area contributed by atoms with Crippen LogP contribution in [0.3, 0.4) is 0 Å². The minimum Gasteiger partial charge on any atom is -0.201 e. The van der Waals surface area contributed by atoms with E-state index in [9.17, 15) is 0 Å². The molecule has 0 saturated heterocycles. The summed E-state index contributed by atoms with van der Waals surface area (Å²) >= 11 is 0. The Bertz CT molecular complexity index is 970. The Morgan fingerprint density at radius 2 is 1.74 bits per heavy atom. The Kier molecular flexibility index (Phi) is 2.72. The monoisotopic (exact) mass is 301 g/mol. The SMILES string of the molecule is [2H]c1ccc2c(c1)C(C)(C)c1ccc(C)c(-c3cccc[n+]3C)c1-2. The molecule has 0 bridgehead atoms. The summed E-state index contributed by atoms with van der Waals surface area (Å²) in [5, 5.41) is 0. The number of nitrogens with zero attached hydrogens (tertiary/aromatic N) is 1. The number of fused-ring (bicyclic) bond motifs is 3. The van der Waals surface area contributed by atoms with Gasteiger partial charge < -0.3 is 0 Å². The summed E-state index contributed by atoms with van der Waals surface area (Å²) in [6.07, 6.45) is 2.10. The van der Waals surface area contributed by atoms with Crippen LogP contribution in [0.2, 0.25) is 0 Å². The van der Waals surface area contributed by atoms with Crippen LogP contribution < -0.4 is 4.57 Å². The first kappa shape index (κ1) is 13.1. The van der Waals surface area contributed by atoms with E-state index in [1.165, 1.54) is 39.1 Å². The lowest BCUT2D eigenvalue weighted by atomic mass is 9.81. The van der Waals surface area contributed by atoms with E-state index in [1.54, 1.807) is 0 Å². The first-order chi connectivity index (χ1) is 11.4. The molecule has 1 aliphatic carbocycles. The van der Waals surface area contributed by atoms with Gasteiger partial charge in [-0.2, -0.15) is 0 Å². The summed E-state index contributed by atoms with van der Waals surface area (Å²) in [6.45, 7) is 6.72. The molecule has 0 unspecified atom stereocenters. The van der Waals surface area contributed by atoms with Gasteiger partial charge in [-0.25, -0.2) is 4.57 Å². The zero-order valence-corrected chi connectivity index (χ0v) is 14.1. The lowest BCUT2D eigenvalue weighted by molar-refractivity contribution is -0.660. The zero-order chi connectivity index (χ0) is 17.1. The Hall–Kier alpha value is -2.41. The van der Waals surface area contributed by atoms with Gasteiger partial charge in [0.05, 0.1) is 6.93 Å². The molecule has 4 rings (SSSR count). The van der Waals surface area contributed by atoms with Gasteiger partial charge in [0.1, 0.15) is 7.05 Å². The van der Waals surface area contributed by atoms with Crippen LogP contribution in [0.1, 0.15) is 31.9 Å². The van der Waals surface area contributed by atoms with Crippen molar-refractivity contribution >= 4 is 0 Å². The van der Waals surface area contributed by atoms with Gasteiger partial charge >= 0.3 is 0 Å². The van der Waals surface area contributed by atoms with Crippen LogP contribution >= 0.6 is 0 Å². The van der Waals surface area contributed by atoms with E-state index >= 15 is 0 Å². The molecule has 0 fully saturated rings. The van der Waals surface area contributed by atoms with E-state index in [4.69, 9.17) is 1.37 Å². The molecule has 23 heavy (non-hydrogen) atoms. The van der Waals surface area contributed by atoms with E-state index in [1.807, 2.05) is 12.1 Å². The predicted molar refractivity (Wildman–Crippen MR) is 95.4 cm³/mol. The average molecular weight is 301 g/mol. The Morgan fingerprint density at radius 3 is 2.52 bits per heavy atom. The zero-order valence-electron chi connectivity index (χ0n) is 15.1. The van der Waals surface area contributed by atoms with Crippen molar-refractivity contribution < 1.29 is 5.94 Å². The van der Waals surface area contributed by atoms with E-state index < -0.39 is 0 Å². The highest BCUT2D eigenvalue weighted by Gasteiger charge is 2.38. The Morgan fingerprint density at radius 1 is 0.913 bits per heavy atom. The van der Waals surface area contributed by atoms with Crippen molar-refractivity contribution in [2.45, 2.75) is 26.2 Å². The van der Waals surface area contributed by atoms with Crippen molar-refractivity contribution in [2.24, 2.45) is 7.05 Å². The van der Waals surface area contributed by atoms with Gasteiger partial charge in [0.25, 0.3) is 0 Å². The molecule has 1 heterocycles. The average Bonchev–Trinajstić information content (AvgIpc) is 2.76. The molecule has 0 atom stereocenters. The van der Waals surface area contributed by atoms with Crippen molar-refractivity contribution in [2.75, 3.05) is 0 Å². The maximum atomic E-state index is 8.04. The lowest BCUT2D eigenvalue weighted by Gasteiger charge is -2.21. The predicted octanol–water partition coefficient (Wildman–Crippen LogP) is 4.79. The summed E-state index contributed by atoms with van der Waals surface area (Å²) < 4.78 is 10.2. The van der Waals surface area contributed by atoms with Gasteiger partial charge in [-0.05, 0) is 35.2 Å². The number of aryl methyl sites for hydroxylation is 2. The molecule has 114 valence electrons. The van der Waals surface area contributed by atoms with Crippen LogP contribution in [0.25, 0.3) is 22.4 Å². The molecule has 1 aromatic heterocycles. The molecule has 3 aromatic rings. The summed E-state index contributed by atoms with van der Waals surface area (Å²) in [4.78, 5) is 0. The normalized spacial score (nSPS) is 15.0. The van der Waals surface area contributed by atoms with E-state index in [2.05, 4.69) is 75.0 Å². The van der Waals surface area contributed by atoms with E-state index in [0.29, 0.717) is 6.04 Å². The highest BCUT2D eigenvalue weighted by molar-refractivity contribution is 5.92. The second kappa shape index (κ2) is 4.79. The molecule has 0 aliphatic heterocycles. The summed E-state index contributed by atoms with van der Waals surface area (Å²) in [5.74, 6) is 0. The molecule has 1 aliphatic rings. The third-order valence-electron chi connectivity index (χ3n) is 5.20. The van der Waals surface area contributed by atoms with Gasteiger partial charge in [-0.1, -0.05) is 50.2 Å². The van der Waals surface area contributed by atoms with Gasteiger partial charge in [0.15, 0.2) is 6.20 Å². The maximum absolute atomic E-state index is 8.04. The molecule has 0 amide bonds. The highest BCUT2D eigenvalue weighted by atomic mass is 14.9. The summed E-state index contributed by atoms with van der Waals surface area (Å²) in [6, 6.07) is 17.5. The minimum absolute atomic E-state index is 0.0719. The summed E-state index contributed by atoms with van der Waals surface area (Å²) in [5.41, 5.74) is 8.96. The quantitative estimate of drug-likeness (QED) is 0.569. The smallest absolute Gasteiger partial charge is 0.201 e. The summed E-state index contributed by atoms with van der Waals surface area (Å²) in [7, 11) is 2.10. The second-order valence-electron chi connectivity index (χ2n) is 6.97. The van der Waals surface area contributed by atoms with Crippen molar-refractivity contribution in [3.05, 3.63) is 77.5 Å². The van der Waals surface area contributed by atoms with Gasteiger partial charge in [0.2, 0.25) is 5.69 Å². The molecule has 0 spiro atoms. The number of pyridine rings is 1. The number of benzene rings is 2. The first-order valence-electron chi connectivity index (χ1n) is 8.62. The van der Waals surface area contributed by atoms with Gasteiger partial charge in [-0.15, -0.1) is 0 Å². The van der Waals surface area contributed by atoms with Crippen LogP contribution in [0, 0.1) is 6.92 Å². The maximum Gasteiger partial charge on any atom is 0.213 e. The van der Waals surface area contributed by atoms with Gasteiger partial charge in [-0.3, -0.25) is 0 Å². The topological polar surface area (TPSA) is 3.88 Å². The van der Waals surface area contributed by atoms with Crippen LogP contribution in [-0.4, -0.2) is 0 Å². The lowest BCUT2D eigenvalue weighted by Crippen LogP contribution is -2.30. The van der Waals surface area contributed by atoms with Crippen molar-refractivity contribution in [1.29, 1.82) is 0 Å². The fourth-order valence-corrected chi connectivity index (χ4v) is 3.93. The fraction of sp³-hybridized carbons (Fsp3) is 0.227. The molecule has 1 heteroatoms. The number of aromatic nitrogens is 1. The van der Waals surface area contributed by atoms with Crippen LogP contribution in [0.4, 0.5) is 0 Å². The van der Waals surface area contributed by atoms with Crippen molar-refractivity contribution in [1.82, 2.24) is 0 Å². The van der Waals surface area contributed by atoms with E-state index in [-0.39, 0.29) is 5.41 Å². The number of hydrogen-bond acceptors (Lipinski definition) is 0. The third kappa shape index (κ3) is 1.89. The standard InChI is InChI=1S/C22H22N/c1-15-12-13-18-21(20(15)19-11-7-8-14-23(19)4)16-9-5-6-10-17(16)22(18,2)3/h5-14H,1-4H3/q+1/i6D. The minimum atomic E-state index is -0.0719. The number of rotatable bonds is 1. The van der Waals surface area contributed by atoms with Crippen molar-refractivity contribution in [3.8, 4) is 22.4 Å². The number of hydrogen-bond donors (Lipinski definition) is 0. The van der Waals surface area contributed by atoms with E-state index in [0.717, 1.165) is 0 Å². The van der Waals surface area contributed by atoms with Crippen LogP contribution in [0.5, 0.6) is 0 Å². The third-order valence-corrected chi connectivity index (χ3v) is 5.20. The Labute approximate surface area is 139 Å². The first-order valence-corrected chi connectivity index (χ1v) is 8.12.